The maximum atomic E-state index is 13.1. The van der Waals surface area contributed by atoms with Crippen molar-refractivity contribution in [1.29, 1.82) is 0 Å². The van der Waals surface area contributed by atoms with Gasteiger partial charge in [-0.15, -0.1) is 0 Å². The lowest BCUT2D eigenvalue weighted by Crippen LogP contribution is -2.37. The van der Waals surface area contributed by atoms with Crippen LogP contribution < -0.4 is 0 Å². The summed E-state index contributed by atoms with van der Waals surface area (Å²) in [7, 11) is 1.95. The lowest BCUT2D eigenvalue weighted by atomic mass is 10.0. The van der Waals surface area contributed by atoms with Gasteiger partial charge in [-0.3, -0.25) is 14.3 Å². The van der Waals surface area contributed by atoms with Crippen LogP contribution in [0.4, 0.5) is 0 Å². The molecule has 1 aliphatic carbocycles. The first-order valence-corrected chi connectivity index (χ1v) is 9.07. The Morgan fingerprint density at radius 1 is 1.21 bits per heavy atom. The van der Waals surface area contributed by atoms with Gasteiger partial charge in [-0.05, 0) is 39.5 Å². The summed E-state index contributed by atoms with van der Waals surface area (Å²) >= 11 is 0. The van der Waals surface area contributed by atoms with Gasteiger partial charge in [-0.2, -0.15) is 5.10 Å². The molecule has 0 radical (unpaired) electrons. The molecule has 2 aliphatic heterocycles. The molecular formula is C18H26N4O2. The number of nitrogens with zero attached hydrogens (tertiary/aromatic N) is 4. The number of likely N-dealkylation sites (tertiary alicyclic amines) is 2. The Morgan fingerprint density at radius 2 is 1.96 bits per heavy atom. The van der Waals surface area contributed by atoms with Gasteiger partial charge in [0.25, 0.3) is 0 Å². The van der Waals surface area contributed by atoms with Crippen molar-refractivity contribution < 1.29 is 9.59 Å². The minimum atomic E-state index is -0.156. The van der Waals surface area contributed by atoms with E-state index in [9.17, 15) is 9.59 Å². The monoisotopic (exact) mass is 330 g/mol. The largest absolute Gasteiger partial charge is 0.339 e. The molecular weight excluding hydrogens is 304 g/mol. The van der Waals surface area contributed by atoms with Gasteiger partial charge in [0.2, 0.25) is 11.8 Å². The molecule has 0 N–H and O–H groups in total. The van der Waals surface area contributed by atoms with E-state index in [1.165, 1.54) is 5.56 Å². The molecule has 2 atom stereocenters. The van der Waals surface area contributed by atoms with E-state index < -0.39 is 0 Å². The smallest absolute Gasteiger partial charge is 0.228 e. The summed E-state index contributed by atoms with van der Waals surface area (Å²) in [6.45, 7) is 5.52. The maximum absolute atomic E-state index is 13.1. The van der Waals surface area contributed by atoms with E-state index in [-0.39, 0.29) is 23.8 Å². The van der Waals surface area contributed by atoms with Gasteiger partial charge in [-0.1, -0.05) is 0 Å². The standard InChI is InChI=1S/C18H26N4O2/c1-11-17(12(2)20(3)19-11)15-5-4-8-21(15)18(24)13-9-16(23)22(10-13)14-6-7-14/h13-15H,4-10H2,1-3H3/t13-,15-/m1/s1. The third-order valence-corrected chi connectivity index (χ3v) is 5.93. The second-order valence-electron chi connectivity index (χ2n) is 7.58. The summed E-state index contributed by atoms with van der Waals surface area (Å²) in [6.07, 6.45) is 4.62. The van der Waals surface area contributed by atoms with Gasteiger partial charge in [0.15, 0.2) is 0 Å². The molecule has 4 rings (SSSR count). The molecule has 1 aromatic heterocycles. The van der Waals surface area contributed by atoms with E-state index >= 15 is 0 Å². The third-order valence-electron chi connectivity index (χ3n) is 5.93. The molecule has 0 aromatic carbocycles. The van der Waals surface area contributed by atoms with Crippen molar-refractivity contribution in [3.63, 3.8) is 0 Å². The highest BCUT2D eigenvalue weighted by molar-refractivity contribution is 5.90. The summed E-state index contributed by atoms with van der Waals surface area (Å²) in [5.74, 6) is 0.174. The van der Waals surface area contributed by atoms with Gasteiger partial charge in [0.1, 0.15) is 0 Å². The fourth-order valence-electron chi connectivity index (χ4n) is 4.47. The van der Waals surface area contributed by atoms with Gasteiger partial charge < -0.3 is 9.80 Å². The number of aryl methyl sites for hydroxylation is 2. The summed E-state index contributed by atoms with van der Waals surface area (Å²) < 4.78 is 1.90. The first kappa shape index (κ1) is 15.7. The zero-order valence-electron chi connectivity index (χ0n) is 14.8. The Balaban J connectivity index is 1.54. The Bertz CT molecular complexity index is 691. The topological polar surface area (TPSA) is 58.4 Å². The number of carbonyl (C=O) groups excluding carboxylic acids is 2. The summed E-state index contributed by atoms with van der Waals surface area (Å²) in [5, 5.41) is 4.52. The molecule has 3 aliphatic rings. The van der Waals surface area contributed by atoms with Crippen LogP contribution in [-0.4, -0.2) is 50.5 Å². The van der Waals surface area contributed by atoms with Crippen molar-refractivity contribution in [3.8, 4) is 0 Å². The predicted molar refractivity (Wildman–Crippen MR) is 89.2 cm³/mol. The van der Waals surface area contributed by atoms with Gasteiger partial charge >= 0.3 is 0 Å². The van der Waals surface area contributed by atoms with Crippen LogP contribution in [0, 0.1) is 19.8 Å². The van der Waals surface area contributed by atoms with Crippen LogP contribution in [0.3, 0.4) is 0 Å². The van der Waals surface area contributed by atoms with E-state index in [0.717, 1.165) is 43.6 Å². The molecule has 2 amide bonds. The zero-order chi connectivity index (χ0) is 17.0. The maximum Gasteiger partial charge on any atom is 0.228 e. The lowest BCUT2D eigenvalue weighted by molar-refractivity contribution is -0.136. The Hall–Kier alpha value is -1.85. The van der Waals surface area contributed by atoms with Gasteiger partial charge in [0, 0.05) is 43.9 Å². The third kappa shape index (κ3) is 2.43. The van der Waals surface area contributed by atoms with Crippen LogP contribution in [0.5, 0.6) is 0 Å². The molecule has 6 heteroatoms. The number of aromatic nitrogens is 2. The number of rotatable bonds is 3. The quantitative estimate of drug-likeness (QED) is 0.848. The highest BCUT2D eigenvalue weighted by Gasteiger charge is 2.44. The lowest BCUT2D eigenvalue weighted by Gasteiger charge is -2.28. The molecule has 3 fully saturated rings. The van der Waals surface area contributed by atoms with Crippen LogP contribution in [0.25, 0.3) is 0 Å². The molecule has 24 heavy (non-hydrogen) atoms. The molecule has 1 saturated carbocycles. The van der Waals surface area contributed by atoms with Gasteiger partial charge in [0.05, 0.1) is 17.7 Å². The Kier molecular flexibility index (Phi) is 3.66. The van der Waals surface area contributed by atoms with E-state index in [1.54, 1.807) is 0 Å². The number of hydrogen-bond acceptors (Lipinski definition) is 3. The van der Waals surface area contributed by atoms with Crippen molar-refractivity contribution in [2.24, 2.45) is 13.0 Å². The Morgan fingerprint density at radius 3 is 2.58 bits per heavy atom. The summed E-state index contributed by atoms with van der Waals surface area (Å²) in [5.41, 5.74) is 3.35. The van der Waals surface area contributed by atoms with Crippen LogP contribution in [0.2, 0.25) is 0 Å². The van der Waals surface area contributed by atoms with Crippen LogP contribution in [-0.2, 0) is 16.6 Å². The van der Waals surface area contributed by atoms with Gasteiger partial charge in [-0.25, -0.2) is 0 Å². The average molecular weight is 330 g/mol. The molecule has 0 unspecified atom stereocenters. The molecule has 3 heterocycles. The van der Waals surface area contributed by atoms with Crippen molar-refractivity contribution in [2.75, 3.05) is 13.1 Å². The summed E-state index contributed by atoms with van der Waals surface area (Å²) in [6, 6.07) is 0.531. The number of hydrogen-bond donors (Lipinski definition) is 0. The molecule has 1 aromatic rings. The van der Waals surface area contributed by atoms with Crippen LogP contribution in [0.15, 0.2) is 0 Å². The van der Waals surface area contributed by atoms with E-state index in [0.29, 0.717) is 19.0 Å². The fourth-order valence-corrected chi connectivity index (χ4v) is 4.47. The average Bonchev–Trinajstić information content (AvgIpc) is 3.05. The predicted octanol–water partition coefficient (Wildman–Crippen LogP) is 1.71. The molecule has 2 saturated heterocycles. The van der Waals surface area contributed by atoms with E-state index in [1.807, 2.05) is 28.5 Å². The number of amides is 2. The zero-order valence-corrected chi connectivity index (χ0v) is 14.8. The SMILES string of the molecule is Cc1nn(C)c(C)c1[C@H]1CCCN1C(=O)[C@@H]1CC(=O)N(C2CC2)C1. The Labute approximate surface area is 142 Å². The highest BCUT2D eigenvalue weighted by Crippen LogP contribution is 2.38. The number of carbonyl (C=O) groups is 2. The fraction of sp³-hybridized carbons (Fsp3) is 0.722. The molecule has 130 valence electrons. The highest BCUT2D eigenvalue weighted by atomic mass is 16.2. The minimum absolute atomic E-state index is 0.122. The minimum Gasteiger partial charge on any atom is -0.339 e. The normalized spacial score (nSPS) is 27.4. The second-order valence-corrected chi connectivity index (χ2v) is 7.58. The van der Waals surface area contributed by atoms with Crippen molar-refractivity contribution in [1.82, 2.24) is 19.6 Å². The first-order valence-electron chi connectivity index (χ1n) is 9.07. The van der Waals surface area contributed by atoms with Crippen molar-refractivity contribution in [3.05, 3.63) is 17.0 Å². The molecule has 0 spiro atoms. The first-order chi connectivity index (χ1) is 11.5. The van der Waals surface area contributed by atoms with Crippen LogP contribution in [0.1, 0.15) is 55.1 Å². The summed E-state index contributed by atoms with van der Waals surface area (Å²) in [4.78, 5) is 29.3. The van der Waals surface area contributed by atoms with Crippen molar-refractivity contribution in [2.45, 2.75) is 58.0 Å². The second kappa shape index (κ2) is 5.60. The van der Waals surface area contributed by atoms with Crippen molar-refractivity contribution >= 4 is 11.8 Å². The van der Waals surface area contributed by atoms with Crippen LogP contribution >= 0.6 is 0 Å². The molecule has 0 bridgehead atoms. The molecule has 6 nitrogen and oxygen atoms in total. The van der Waals surface area contributed by atoms with E-state index in [4.69, 9.17) is 0 Å². The van der Waals surface area contributed by atoms with E-state index in [2.05, 4.69) is 12.0 Å².